The van der Waals surface area contributed by atoms with E-state index >= 15 is 0 Å². The molecule has 0 aliphatic heterocycles. The summed E-state index contributed by atoms with van der Waals surface area (Å²) in [6.45, 7) is 0. The molecule has 92 valence electrons. The zero-order valence-corrected chi connectivity index (χ0v) is 10.0. The van der Waals surface area contributed by atoms with Crippen LogP contribution in [0.1, 0.15) is 29.2 Å². The molecule has 0 bridgehead atoms. The van der Waals surface area contributed by atoms with Crippen LogP contribution in [0.5, 0.6) is 0 Å². The Balaban J connectivity index is 1.79. The van der Waals surface area contributed by atoms with Gasteiger partial charge in [0.25, 0.3) is 5.91 Å². The van der Waals surface area contributed by atoms with Crippen molar-refractivity contribution in [3.05, 3.63) is 29.0 Å². The summed E-state index contributed by atoms with van der Waals surface area (Å²) in [5, 5.41) is 14.2. The van der Waals surface area contributed by atoms with Crippen LogP contribution in [0.15, 0.2) is 18.5 Å². The van der Waals surface area contributed by atoms with Crippen LogP contribution in [0.2, 0.25) is 5.02 Å². The summed E-state index contributed by atoms with van der Waals surface area (Å²) in [7, 11) is 0. The van der Waals surface area contributed by atoms with E-state index in [0.29, 0.717) is 22.6 Å². The van der Waals surface area contributed by atoms with Gasteiger partial charge in [-0.05, 0) is 29.3 Å². The number of hydrogen-bond donors (Lipinski definition) is 1. The highest BCUT2D eigenvalue weighted by Gasteiger charge is 2.28. The summed E-state index contributed by atoms with van der Waals surface area (Å²) < 4.78 is 1.62. The lowest BCUT2D eigenvalue weighted by Gasteiger charge is -2.04. The Hall–Kier alpha value is -2.02. The van der Waals surface area contributed by atoms with Crippen LogP contribution >= 0.6 is 11.6 Å². The van der Waals surface area contributed by atoms with Gasteiger partial charge in [-0.2, -0.15) is 0 Å². The normalized spacial score (nSPS) is 14.5. The minimum absolute atomic E-state index is 0.299. The largest absolute Gasteiger partial charge is 0.289 e. The molecule has 1 amide bonds. The Labute approximate surface area is 107 Å². The number of aromatic nitrogens is 5. The third-order valence-corrected chi connectivity index (χ3v) is 2.78. The van der Waals surface area contributed by atoms with Gasteiger partial charge < -0.3 is 0 Å². The zero-order chi connectivity index (χ0) is 12.5. The maximum Gasteiger partial charge on any atom is 0.259 e. The van der Waals surface area contributed by atoms with Crippen molar-refractivity contribution in [3.63, 3.8) is 0 Å². The Morgan fingerprint density at radius 1 is 1.44 bits per heavy atom. The summed E-state index contributed by atoms with van der Waals surface area (Å²) in [5.41, 5.74) is 0.368. The number of rotatable bonds is 3. The molecule has 8 heteroatoms. The van der Waals surface area contributed by atoms with E-state index < -0.39 is 0 Å². The molecule has 1 N–H and O–H groups in total. The van der Waals surface area contributed by atoms with E-state index in [1.165, 1.54) is 18.5 Å². The molecule has 2 aromatic rings. The Morgan fingerprint density at radius 2 is 2.28 bits per heavy atom. The van der Waals surface area contributed by atoms with Gasteiger partial charge >= 0.3 is 0 Å². The number of pyridine rings is 1. The standard InChI is InChI=1S/C10H9ClN6O/c11-7-3-6(4-12-5-7)9(18)13-10-14-15-16-17(10)8-1-2-8/h3-5,8H,1-2H2,(H,13,14,16,18). The highest BCUT2D eigenvalue weighted by atomic mass is 35.5. The average Bonchev–Trinajstić information content (AvgIpc) is 3.10. The lowest BCUT2D eigenvalue weighted by molar-refractivity contribution is 0.102. The Morgan fingerprint density at radius 3 is 3.00 bits per heavy atom. The average molecular weight is 265 g/mol. The molecule has 2 aromatic heterocycles. The molecule has 2 heterocycles. The lowest BCUT2D eigenvalue weighted by atomic mass is 10.3. The minimum Gasteiger partial charge on any atom is -0.289 e. The number of halogens is 1. The number of amides is 1. The molecule has 7 nitrogen and oxygen atoms in total. The second-order valence-corrected chi connectivity index (χ2v) is 4.46. The first-order valence-corrected chi connectivity index (χ1v) is 5.81. The fraction of sp³-hybridized carbons (Fsp3) is 0.300. The highest BCUT2D eigenvalue weighted by molar-refractivity contribution is 6.30. The number of nitrogens with zero attached hydrogens (tertiary/aromatic N) is 5. The van der Waals surface area contributed by atoms with Crippen LogP contribution in [0.3, 0.4) is 0 Å². The molecule has 1 fully saturated rings. The first-order chi connectivity index (χ1) is 8.74. The third-order valence-electron chi connectivity index (χ3n) is 2.58. The van der Waals surface area contributed by atoms with Gasteiger partial charge in [0.2, 0.25) is 5.95 Å². The predicted molar refractivity (Wildman–Crippen MR) is 63.3 cm³/mol. The van der Waals surface area contributed by atoms with Gasteiger partial charge in [0.15, 0.2) is 0 Å². The number of carbonyl (C=O) groups is 1. The topological polar surface area (TPSA) is 85.6 Å². The van der Waals surface area contributed by atoms with Crippen LogP contribution in [0.4, 0.5) is 5.95 Å². The lowest BCUT2D eigenvalue weighted by Crippen LogP contribution is -2.16. The number of carbonyl (C=O) groups excluding carboxylic acids is 1. The van der Waals surface area contributed by atoms with E-state index in [9.17, 15) is 4.79 Å². The van der Waals surface area contributed by atoms with Crippen molar-refractivity contribution < 1.29 is 4.79 Å². The van der Waals surface area contributed by atoms with E-state index in [4.69, 9.17) is 11.6 Å². The van der Waals surface area contributed by atoms with Crippen molar-refractivity contribution >= 4 is 23.5 Å². The van der Waals surface area contributed by atoms with E-state index in [2.05, 4.69) is 25.8 Å². The molecule has 1 aliphatic carbocycles. The van der Waals surface area contributed by atoms with Crippen molar-refractivity contribution in [1.29, 1.82) is 0 Å². The van der Waals surface area contributed by atoms with Crippen molar-refractivity contribution in [3.8, 4) is 0 Å². The monoisotopic (exact) mass is 264 g/mol. The molecular weight excluding hydrogens is 256 g/mol. The van der Waals surface area contributed by atoms with Gasteiger partial charge in [-0.1, -0.05) is 16.7 Å². The quantitative estimate of drug-likeness (QED) is 0.903. The van der Waals surface area contributed by atoms with Crippen molar-refractivity contribution in [2.75, 3.05) is 5.32 Å². The molecule has 0 radical (unpaired) electrons. The van der Waals surface area contributed by atoms with Crippen LogP contribution in [0, 0.1) is 0 Å². The van der Waals surface area contributed by atoms with Crippen molar-refractivity contribution in [2.24, 2.45) is 0 Å². The molecule has 0 unspecified atom stereocenters. The van der Waals surface area contributed by atoms with Crippen LogP contribution < -0.4 is 5.32 Å². The maximum absolute atomic E-state index is 11.9. The first-order valence-electron chi connectivity index (χ1n) is 5.44. The molecule has 1 aliphatic rings. The predicted octanol–water partition coefficient (Wildman–Crippen LogP) is 1.31. The van der Waals surface area contributed by atoms with E-state index in [0.717, 1.165) is 12.8 Å². The molecular formula is C10H9ClN6O. The molecule has 0 atom stereocenters. The van der Waals surface area contributed by atoms with Gasteiger partial charge in [0.05, 0.1) is 16.6 Å². The SMILES string of the molecule is O=C(Nc1nnnn1C1CC1)c1cncc(Cl)c1. The van der Waals surface area contributed by atoms with Gasteiger partial charge in [-0.15, -0.1) is 0 Å². The van der Waals surface area contributed by atoms with Crippen LogP contribution in [-0.2, 0) is 0 Å². The van der Waals surface area contributed by atoms with Gasteiger partial charge in [-0.25, -0.2) is 4.68 Å². The fourth-order valence-electron chi connectivity index (χ4n) is 1.55. The van der Waals surface area contributed by atoms with E-state index in [-0.39, 0.29) is 5.91 Å². The number of tetrazole rings is 1. The fourth-order valence-corrected chi connectivity index (χ4v) is 1.72. The summed E-state index contributed by atoms with van der Waals surface area (Å²) in [5.74, 6) is 0.0178. The zero-order valence-electron chi connectivity index (χ0n) is 9.25. The molecule has 3 rings (SSSR count). The molecule has 0 saturated heterocycles. The smallest absolute Gasteiger partial charge is 0.259 e. The first kappa shape index (κ1) is 11.1. The third kappa shape index (κ3) is 2.17. The molecule has 0 spiro atoms. The van der Waals surface area contributed by atoms with E-state index in [1.54, 1.807) is 4.68 Å². The Bertz CT molecular complexity index is 594. The van der Waals surface area contributed by atoms with E-state index in [1.807, 2.05) is 0 Å². The molecule has 0 aromatic carbocycles. The van der Waals surface area contributed by atoms with Crippen LogP contribution in [-0.4, -0.2) is 31.1 Å². The summed E-state index contributed by atoms with van der Waals surface area (Å²) in [4.78, 5) is 15.8. The molecule has 18 heavy (non-hydrogen) atoms. The highest BCUT2D eigenvalue weighted by Crippen LogP contribution is 2.35. The molecule has 1 saturated carbocycles. The summed E-state index contributed by atoms with van der Waals surface area (Å²) in [6, 6.07) is 1.84. The number of nitrogens with one attached hydrogen (secondary N) is 1. The van der Waals surface area contributed by atoms with Crippen molar-refractivity contribution in [2.45, 2.75) is 18.9 Å². The summed E-state index contributed by atoms with van der Waals surface area (Å²) in [6.07, 6.45) is 4.97. The van der Waals surface area contributed by atoms with Gasteiger partial charge in [0, 0.05) is 12.4 Å². The van der Waals surface area contributed by atoms with Crippen molar-refractivity contribution in [1.82, 2.24) is 25.2 Å². The van der Waals surface area contributed by atoms with Gasteiger partial charge in [0.1, 0.15) is 0 Å². The number of anilines is 1. The number of hydrogen-bond acceptors (Lipinski definition) is 5. The second-order valence-electron chi connectivity index (χ2n) is 4.02. The van der Waals surface area contributed by atoms with Crippen LogP contribution in [0.25, 0.3) is 0 Å². The second kappa shape index (κ2) is 4.34. The minimum atomic E-state index is -0.332. The van der Waals surface area contributed by atoms with Gasteiger partial charge in [-0.3, -0.25) is 15.1 Å². The Kier molecular flexibility index (Phi) is 2.67. The summed E-state index contributed by atoms with van der Waals surface area (Å²) >= 11 is 5.77. The maximum atomic E-state index is 11.9.